The second-order valence-electron chi connectivity index (χ2n) is 5.35. The lowest BCUT2D eigenvalue weighted by Gasteiger charge is -2.27. The molecule has 1 aromatic carbocycles. The van der Waals surface area contributed by atoms with Crippen molar-refractivity contribution in [2.75, 3.05) is 0 Å². The van der Waals surface area contributed by atoms with Crippen molar-refractivity contribution in [2.24, 2.45) is 11.7 Å². The molecule has 0 radical (unpaired) electrons. The largest absolute Gasteiger partial charge is 0.369 e. The van der Waals surface area contributed by atoms with Crippen molar-refractivity contribution in [1.29, 1.82) is 0 Å². The molecule has 5 nitrogen and oxygen atoms in total. The summed E-state index contributed by atoms with van der Waals surface area (Å²) < 4.78 is 27.3. The van der Waals surface area contributed by atoms with Crippen molar-refractivity contribution in [2.45, 2.75) is 42.0 Å². The van der Waals surface area contributed by atoms with Gasteiger partial charge in [0.05, 0.1) is 4.90 Å². The normalized spacial score (nSPS) is 22.9. The highest BCUT2D eigenvalue weighted by atomic mass is 79.9. The number of nitrogens with two attached hydrogens (primary N) is 1. The molecule has 0 heterocycles. The summed E-state index contributed by atoms with van der Waals surface area (Å²) in [5.74, 6) is -0.411. The topological polar surface area (TPSA) is 89.3 Å². The monoisotopic (exact) mass is 374 g/mol. The van der Waals surface area contributed by atoms with Gasteiger partial charge in [-0.3, -0.25) is 4.79 Å². The first kappa shape index (κ1) is 16.5. The maximum Gasteiger partial charge on any atom is 0.240 e. The molecule has 0 spiro atoms. The highest BCUT2D eigenvalue weighted by molar-refractivity contribution is 9.08. The predicted octanol–water partition coefficient (Wildman–Crippen LogP) is 1.90. The lowest BCUT2D eigenvalue weighted by molar-refractivity contribution is -0.122. The van der Waals surface area contributed by atoms with Crippen LogP contribution < -0.4 is 10.5 Å². The first-order chi connectivity index (χ1) is 9.92. The SMILES string of the molecule is NC(=O)C1CCC(NS(=O)(=O)c2ccc(CBr)cc2)CC1. The molecule has 1 amide bonds. The van der Waals surface area contributed by atoms with E-state index in [0.717, 1.165) is 5.56 Å². The van der Waals surface area contributed by atoms with Crippen molar-refractivity contribution in [3.05, 3.63) is 29.8 Å². The van der Waals surface area contributed by atoms with Crippen LogP contribution in [0, 0.1) is 5.92 Å². The number of sulfonamides is 1. The Morgan fingerprint density at radius 1 is 1.19 bits per heavy atom. The Bertz CT molecular complexity index is 593. The molecule has 7 heteroatoms. The Kier molecular flexibility index (Phi) is 5.40. The smallest absolute Gasteiger partial charge is 0.240 e. The average Bonchev–Trinajstić information content (AvgIpc) is 2.47. The fourth-order valence-corrected chi connectivity index (χ4v) is 4.22. The molecule has 0 unspecified atom stereocenters. The molecule has 0 aliphatic heterocycles. The molecule has 3 N–H and O–H groups in total. The van der Waals surface area contributed by atoms with Gasteiger partial charge in [0.25, 0.3) is 0 Å². The van der Waals surface area contributed by atoms with E-state index in [1.165, 1.54) is 0 Å². The molecule has 1 saturated carbocycles. The third kappa shape index (κ3) is 4.28. The van der Waals surface area contributed by atoms with Gasteiger partial charge in [0, 0.05) is 17.3 Å². The summed E-state index contributed by atoms with van der Waals surface area (Å²) in [4.78, 5) is 11.4. The molecule has 1 aliphatic rings. The van der Waals surface area contributed by atoms with Crippen molar-refractivity contribution < 1.29 is 13.2 Å². The maximum atomic E-state index is 12.3. The van der Waals surface area contributed by atoms with E-state index in [2.05, 4.69) is 20.7 Å². The van der Waals surface area contributed by atoms with Crippen molar-refractivity contribution in [3.63, 3.8) is 0 Å². The Morgan fingerprint density at radius 2 is 1.76 bits per heavy atom. The molecule has 116 valence electrons. The van der Waals surface area contributed by atoms with E-state index in [9.17, 15) is 13.2 Å². The summed E-state index contributed by atoms with van der Waals surface area (Å²) in [6, 6.07) is 6.66. The molecule has 0 aromatic heterocycles. The quantitative estimate of drug-likeness (QED) is 0.771. The number of nitrogens with one attached hydrogen (secondary N) is 1. The van der Waals surface area contributed by atoms with E-state index in [0.29, 0.717) is 31.0 Å². The minimum Gasteiger partial charge on any atom is -0.369 e. The van der Waals surface area contributed by atoms with Gasteiger partial charge in [-0.15, -0.1) is 0 Å². The van der Waals surface area contributed by atoms with Crippen LogP contribution in [0.15, 0.2) is 29.2 Å². The van der Waals surface area contributed by atoms with Gasteiger partial charge < -0.3 is 5.73 Å². The van der Waals surface area contributed by atoms with E-state index in [-0.39, 0.29) is 22.8 Å². The summed E-state index contributed by atoms with van der Waals surface area (Å²) in [5.41, 5.74) is 6.30. The van der Waals surface area contributed by atoms with E-state index in [1.54, 1.807) is 24.3 Å². The molecule has 21 heavy (non-hydrogen) atoms. The van der Waals surface area contributed by atoms with Gasteiger partial charge >= 0.3 is 0 Å². The average molecular weight is 375 g/mol. The van der Waals surface area contributed by atoms with E-state index >= 15 is 0 Å². The lowest BCUT2D eigenvalue weighted by atomic mass is 9.86. The highest BCUT2D eigenvalue weighted by Crippen LogP contribution is 2.25. The van der Waals surface area contributed by atoms with Gasteiger partial charge in [0.15, 0.2) is 0 Å². The number of benzene rings is 1. The van der Waals surface area contributed by atoms with Gasteiger partial charge in [0.1, 0.15) is 0 Å². The zero-order valence-corrected chi connectivity index (χ0v) is 14.0. The van der Waals surface area contributed by atoms with Crippen molar-refractivity contribution >= 4 is 31.9 Å². The second-order valence-corrected chi connectivity index (χ2v) is 7.62. The minimum absolute atomic E-state index is 0.121. The zero-order chi connectivity index (χ0) is 15.5. The van der Waals surface area contributed by atoms with Gasteiger partial charge in [-0.2, -0.15) is 0 Å². The maximum absolute atomic E-state index is 12.3. The van der Waals surface area contributed by atoms with Crippen LogP contribution >= 0.6 is 15.9 Å². The summed E-state index contributed by atoms with van der Waals surface area (Å²) in [6.07, 6.45) is 2.58. The number of primary amides is 1. The van der Waals surface area contributed by atoms with Crippen LogP contribution in [0.4, 0.5) is 0 Å². The minimum atomic E-state index is -3.50. The van der Waals surface area contributed by atoms with Crippen LogP contribution in [-0.4, -0.2) is 20.4 Å². The molecule has 1 aromatic rings. The van der Waals surface area contributed by atoms with Crippen LogP contribution in [-0.2, 0) is 20.1 Å². The molecular weight excluding hydrogens is 356 g/mol. The third-order valence-corrected chi connectivity index (χ3v) is 6.02. The fraction of sp³-hybridized carbons (Fsp3) is 0.500. The number of halogens is 1. The molecular formula is C14H19BrN2O3S. The third-order valence-electron chi connectivity index (χ3n) is 3.84. The Balaban J connectivity index is 1.99. The predicted molar refractivity (Wildman–Crippen MR) is 84.3 cm³/mol. The molecule has 0 atom stereocenters. The Hall–Kier alpha value is -0.920. The van der Waals surface area contributed by atoms with Crippen LogP contribution in [0.25, 0.3) is 0 Å². The molecule has 0 bridgehead atoms. The zero-order valence-electron chi connectivity index (χ0n) is 11.6. The molecule has 2 rings (SSSR count). The number of amides is 1. The van der Waals surface area contributed by atoms with Crippen molar-refractivity contribution in [3.8, 4) is 0 Å². The van der Waals surface area contributed by atoms with Gasteiger partial charge in [-0.25, -0.2) is 13.1 Å². The number of hydrogen-bond acceptors (Lipinski definition) is 3. The number of carbonyl (C=O) groups is 1. The van der Waals surface area contributed by atoms with Crippen LogP contribution in [0.1, 0.15) is 31.2 Å². The first-order valence-electron chi connectivity index (χ1n) is 6.89. The van der Waals surface area contributed by atoms with Crippen LogP contribution in [0.2, 0.25) is 0 Å². The summed E-state index contributed by atoms with van der Waals surface area (Å²) >= 11 is 3.33. The Labute approximate surface area is 133 Å². The standard InChI is InChI=1S/C14H19BrN2O3S/c15-9-10-1-7-13(8-2-10)21(19,20)17-12-5-3-11(4-6-12)14(16)18/h1-2,7-8,11-12,17H,3-6,9H2,(H2,16,18). The van der Waals surface area contributed by atoms with Crippen LogP contribution in [0.3, 0.4) is 0 Å². The molecule has 1 aliphatic carbocycles. The van der Waals surface area contributed by atoms with Crippen LogP contribution in [0.5, 0.6) is 0 Å². The van der Waals surface area contributed by atoms with E-state index < -0.39 is 10.0 Å². The highest BCUT2D eigenvalue weighted by Gasteiger charge is 2.27. The lowest BCUT2D eigenvalue weighted by Crippen LogP contribution is -2.39. The summed E-state index contributed by atoms with van der Waals surface area (Å²) in [5, 5.41) is 0.692. The van der Waals surface area contributed by atoms with Gasteiger partial charge in [-0.05, 0) is 43.4 Å². The van der Waals surface area contributed by atoms with E-state index in [4.69, 9.17) is 5.73 Å². The van der Waals surface area contributed by atoms with Gasteiger partial charge in [0.2, 0.25) is 15.9 Å². The number of rotatable bonds is 5. The first-order valence-corrected chi connectivity index (χ1v) is 9.49. The van der Waals surface area contributed by atoms with Gasteiger partial charge in [-0.1, -0.05) is 28.1 Å². The number of carbonyl (C=O) groups excluding carboxylic acids is 1. The Morgan fingerprint density at radius 3 is 2.24 bits per heavy atom. The number of hydrogen-bond donors (Lipinski definition) is 2. The fourth-order valence-electron chi connectivity index (χ4n) is 2.54. The number of alkyl halides is 1. The summed E-state index contributed by atoms with van der Waals surface area (Å²) in [7, 11) is -3.50. The second kappa shape index (κ2) is 6.89. The van der Waals surface area contributed by atoms with E-state index in [1.807, 2.05) is 0 Å². The molecule has 1 fully saturated rings. The summed E-state index contributed by atoms with van der Waals surface area (Å²) in [6.45, 7) is 0. The van der Waals surface area contributed by atoms with Crippen molar-refractivity contribution in [1.82, 2.24) is 4.72 Å². The molecule has 0 saturated heterocycles.